The Labute approximate surface area is 121 Å². The van der Waals surface area contributed by atoms with Crippen molar-refractivity contribution in [1.82, 2.24) is 9.80 Å². The van der Waals surface area contributed by atoms with Gasteiger partial charge in [-0.15, -0.1) is 11.3 Å². The molecule has 0 amide bonds. The molecule has 0 aromatic carbocycles. The average Bonchev–Trinajstić information content (AvgIpc) is 2.96. The SMILES string of the molecule is COCCCCN1CCN(CCc2cccs2)CC1. The lowest BCUT2D eigenvalue weighted by Crippen LogP contribution is -2.47. The Morgan fingerprint density at radius 1 is 1.11 bits per heavy atom. The molecule has 0 bridgehead atoms. The molecule has 3 nitrogen and oxygen atoms in total. The van der Waals surface area contributed by atoms with E-state index in [1.807, 2.05) is 11.3 Å². The van der Waals surface area contributed by atoms with Gasteiger partial charge in [0.1, 0.15) is 0 Å². The maximum atomic E-state index is 5.09. The third-order valence-electron chi connectivity index (χ3n) is 3.79. The van der Waals surface area contributed by atoms with Gasteiger partial charge in [0.2, 0.25) is 0 Å². The van der Waals surface area contributed by atoms with Gasteiger partial charge in [-0.25, -0.2) is 0 Å². The number of piperazine rings is 1. The highest BCUT2D eigenvalue weighted by atomic mass is 32.1. The second kappa shape index (κ2) is 8.69. The molecule has 2 rings (SSSR count). The predicted molar refractivity (Wildman–Crippen MR) is 82.0 cm³/mol. The summed E-state index contributed by atoms with van der Waals surface area (Å²) in [6.45, 7) is 8.29. The number of rotatable bonds is 8. The van der Waals surface area contributed by atoms with Gasteiger partial charge in [0.25, 0.3) is 0 Å². The van der Waals surface area contributed by atoms with Crippen LogP contribution in [0.3, 0.4) is 0 Å². The summed E-state index contributed by atoms with van der Waals surface area (Å²) in [5.74, 6) is 0. The average molecular weight is 282 g/mol. The summed E-state index contributed by atoms with van der Waals surface area (Å²) in [6, 6.07) is 4.40. The number of thiophene rings is 1. The molecule has 1 aromatic heterocycles. The monoisotopic (exact) mass is 282 g/mol. The van der Waals surface area contributed by atoms with Crippen molar-refractivity contribution in [2.75, 3.05) is 53.0 Å². The number of methoxy groups -OCH3 is 1. The summed E-state index contributed by atoms with van der Waals surface area (Å²) >= 11 is 1.88. The quantitative estimate of drug-likeness (QED) is 0.681. The zero-order valence-corrected chi connectivity index (χ0v) is 12.8. The Morgan fingerprint density at radius 3 is 2.47 bits per heavy atom. The van der Waals surface area contributed by atoms with Crippen LogP contribution in [0.5, 0.6) is 0 Å². The standard InChI is InChI=1S/C15H26N2OS/c1-18-13-3-2-7-16-9-11-17(12-10-16)8-6-15-5-4-14-19-15/h4-5,14H,2-3,6-13H2,1H3. The molecule has 1 aliphatic rings. The van der Waals surface area contributed by atoms with Crippen molar-refractivity contribution in [3.8, 4) is 0 Å². The molecule has 0 aliphatic carbocycles. The number of unbranched alkanes of at least 4 members (excludes halogenated alkanes) is 1. The van der Waals surface area contributed by atoms with Gasteiger partial charge < -0.3 is 14.5 Å². The van der Waals surface area contributed by atoms with Crippen LogP contribution in [0.2, 0.25) is 0 Å². The van der Waals surface area contributed by atoms with Gasteiger partial charge in [0, 0.05) is 51.3 Å². The summed E-state index contributed by atoms with van der Waals surface area (Å²) in [7, 11) is 1.78. The molecule has 0 saturated carbocycles. The van der Waals surface area contributed by atoms with Crippen molar-refractivity contribution in [1.29, 1.82) is 0 Å². The van der Waals surface area contributed by atoms with Gasteiger partial charge in [-0.05, 0) is 37.3 Å². The number of ether oxygens (including phenoxy) is 1. The van der Waals surface area contributed by atoms with Crippen molar-refractivity contribution in [3.05, 3.63) is 22.4 Å². The second-order valence-corrected chi connectivity index (χ2v) is 6.24. The molecule has 1 fully saturated rings. The zero-order chi connectivity index (χ0) is 13.3. The zero-order valence-electron chi connectivity index (χ0n) is 12.0. The molecular formula is C15H26N2OS. The van der Waals surface area contributed by atoms with E-state index in [4.69, 9.17) is 4.74 Å². The molecular weight excluding hydrogens is 256 g/mol. The lowest BCUT2D eigenvalue weighted by Gasteiger charge is -2.34. The van der Waals surface area contributed by atoms with Gasteiger partial charge >= 0.3 is 0 Å². The van der Waals surface area contributed by atoms with Gasteiger partial charge in [0.15, 0.2) is 0 Å². The van der Waals surface area contributed by atoms with Crippen LogP contribution in [0.25, 0.3) is 0 Å². The van der Waals surface area contributed by atoms with E-state index in [1.54, 1.807) is 7.11 Å². The predicted octanol–water partition coefficient (Wildman–Crippen LogP) is 2.33. The van der Waals surface area contributed by atoms with Gasteiger partial charge in [0.05, 0.1) is 0 Å². The molecule has 4 heteroatoms. The number of hydrogen-bond acceptors (Lipinski definition) is 4. The number of hydrogen-bond donors (Lipinski definition) is 0. The van der Waals surface area contributed by atoms with E-state index in [0.717, 1.165) is 6.61 Å². The summed E-state index contributed by atoms with van der Waals surface area (Å²) in [6.07, 6.45) is 3.67. The van der Waals surface area contributed by atoms with Crippen molar-refractivity contribution in [3.63, 3.8) is 0 Å². The maximum absolute atomic E-state index is 5.09. The van der Waals surface area contributed by atoms with Crippen LogP contribution in [0.4, 0.5) is 0 Å². The van der Waals surface area contributed by atoms with E-state index in [9.17, 15) is 0 Å². The third-order valence-corrected chi connectivity index (χ3v) is 4.73. The first kappa shape index (κ1) is 15.0. The fraction of sp³-hybridized carbons (Fsp3) is 0.733. The van der Waals surface area contributed by atoms with E-state index in [1.165, 1.54) is 63.4 Å². The summed E-state index contributed by atoms with van der Waals surface area (Å²) < 4.78 is 5.09. The van der Waals surface area contributed by atoms with E-state index in [2.05, 4.69) is 27.3 Å². The van der Waals surface area contributed by atoms with Crippen LogP contribution in [0.1, 0.15) is 17.7 Å². The maximum Gasteiger partial charge on any atom is 0.0462 e. The smallest absolute Gasteiger partial charge is 0.0462 e. The van der Waals surface area contributed by atoms with Crippen LogP contribution in [-0.4, -0.2) is 62.8 Å². The molecule has 1 saturated heterocycles. The third kappa shape index (κ3) is 5.61. The summed E-state index contributed by atoms with van der Waals surface area (Å²) in [5.41, 5.74) is 0. The van der Waals surface area contributed by atoms with E-state index in [-0.39, 0.29) is 0 Å². The number of nitrogens with zero attached hydrogens (tertiary/aromatic N) is 2. The van der Waals surface area contributed by atoms with Gasteiger partial charge in [-0.3, -0.25) is 0 Å². The van der Waals surface area contributed by atoms with E-state index in [0.29, 0.717) is 0 Å². The summed E-state index contributed by atoms with van der Waals surface area (Å²) in [4.78, 5) is 6.71. The van der Waals surface area contributed by atoms with Crippen molar-refractivity contribution in [2.45, 2.75) is 19.3 Å². The minimum absolute atomic E-state index is 0.904. The lowest BCUT2D eigenvalue weighted by atomic mass is 10.2. The van der Waals surface area contributed by atoms with Crippen LogP contribution >= 0.6 is 11.3 Å². The first-order valence-electron chi connectivity index (χ1n) is 7.34. The minimum Gasteiger partial charge on any atom is -0.385 e. The Kier molecular flexibility index (Phi) is 6.85. The highest BCUT2D eigenvalue weighted by molar-refractivity contribution is 7.09. The first-order chi connectivity index (χ1) is 9.38. The van der Waals surface area contributed by atoms with Crippen LogP contribution in [0, 0.1) is 0 Å². The topological polar surface area (TPSA) is 15.7 Å². The molecule has 0 unspecified atom stereocenters. The Balaban J connectivity index is 1.55. The minimum atomic E-state index is 0.904. The molecule has 0 spiro atoms. The molecule has 0 N–H and O–H groups in total. The highest BCUT2D eigenvalue weighted by Crippen LogP contribution is 2.11. The van der Waals surface area contributed by atoms with E-state index < -0.39 is 0 Å². The Morgan fingerprint density at radius 2 is 1.84 bits per heavy atom. The van der Waals surface area contributed by atoms with Crippen LogP contribution in [-0.2, 0) is 11.2 Å². The van der Waals surface area contributed by atoms with Crippen molar-refractivity contribution in [2.24, 2.45) is 0 Å². The largest absolute Gasteiger partial charge is 0.385 e. The molecule has 0 radical (unpaired) electrons. The van der Waals surface area contributed by atoms with Crippen LogP contribution in [0.15, 0.2) is 17.5 Å². The molecule has 1 aliphatic heterocycles. The first-order valence-corrected chi connectivity index (χ1v) is 8.22. The highest BCUT2D eigenvalue weighted by Gasteiger charge is 2.15. The molecule has 0 atom stereocenters. The van der Waals surface area contributed by atoms with Crippen LogP contribution < -0.4 is 0 Å². The normalized spacial score (nSPS) is 17.9. The second-order valence-electron chi connectivity index (χ2n) is 5.21. The Hall–Kier alpha value is -0.420. The Bertz CT molecular complexity index is 321. The van der Waals surface area contributed by atoms with E-state index >= 15 is 0 Å². The molecule has 2 heterocycles. The summed E-state index contributed by atoms with van der Waals surface area (Å²) in [5, 5.41) is 2.17. The fourth-order valence-corrected chi connectivity index (χ4v) is 3.24. The van der Waals surface area contributed by atoms with Gasteiger partial charge in [-0.2, -0.15) is 0 Å². The van der Waals surface area contributed by atoms with Crippen molar-refractivity contribution >= 4 is 11.3 Å². The lowest BCUT2D eigenvalue weighted by molar-refractivity contribution is 0.127. The molecule has 108 valence electrons. The fourth-order valence-electron chi connectivity index (χ4n) is 2.54. The van der Waals surface area contributed by atoms with Gasteiger partial charge in [-0.1, -0.05) is 6.07 Å². The molecule has 1 aromatic rings. The molecule has 19 heavy (non-hydrogen) atoms. The van der Waals surface area contributed by atoms with Crippen molar-refractivity contribution < 1.29 is 4.74 Å².